The number of alkyl carbamates (subject to hydrolysis) is 1. The maximum atomic E-state index is 12.2. The van der Waals surface area contributed by atoms with Crippen LogP contribution in [0, 0.1) is 5.92 Å². The van der Waals surface area contributed by atoms with Crippen molar-refractivity contribution in [3.05, 3.63) is 35.4 Å². The number of fused-ring (bicyclic) bond motifs is 1. The molecule has 1 aliphatic carbocycles. The van der Waals surface area contributed by atoms with E-state index in [4.69, 9.17) is 9.57 Å². The van der Waals surface area contributed by atoms with Crippen LogP contribution in [0.15, 0.2) is 24.3 Å². The molecular weight excluding hydrogens is 324 g/mol. The third-order valence-corrected chi connectivity index (χ3v) is 4.15. The molecule has 7 nitrogen and oxygen atoms in total. The van der Waals surface area contributed by atoms with Crippen LogP contribution in [0.5, 0.6) is 0 Å². The van der Waals surface area contributed by atoms with Crippen molar-refractivity contribution < 1.29 is 24.0 Å². The van der Waals surface area contributed by atoms with Gasteiger partial charge in [0.2, 0.25) is 0 Å². The number of carbonyl (C=O) groups excluding carboxylic acids is 3. The number of hydroxylamine groups is 2. The van der Waals surface area contributed by atoms with E-state index in [1.807, 2.05) is 20.8 Å². The molecule has 0 atom stereocenters. The van der Waals surface area contributed by atoms with Gasteiger partial charge in [-0.3, -0.25) is 14.4 Å². The fourth-order valence-electron chi connectivity index (χ4n) is 2.93. The first kappa shape index (κ1) is 17.4. The molecule has 2 aliphatic rings. The molecule has 1 heterocycles. The lowest BCUT2D eigenvalue weighted by Gasteiger charge is -2.36. The molecule has 0 bridgehead atoms. The minimum Gasteiger partial charge on any atom is -0.444 e. The van der Waals surface area contributed by atoms with E-state index in [-0.39, 0.29) is 18.6 Å². The summed E-state index contributed by atoms with van der Waals surface area (Å²) in [6, 6.07) is 6.69. The molecule has 0 saturated heterocycles. The molecule has 0 aromatic heterocycles. The highest BCUT2D eigenvalue weighted by molar-refractivity contribution is 6.20. The van der Waals surface area contributed by atoms with Crippen LogP contribution in [0.25, 0.3) is 0 Å². The third-order valence-electron chi connectivity index (χ3n) is 4.15. The first-order valence-electron chi connectivity index (χ1n) is 8.35. The molecule has 1 aromatic rings. The van der Waals surface area contributed by atoms with Crippen molar-refractivity contribution in [2.24, 2.45) is 5.92 Å². The molecule has 134 valence electrons. The van der Waals surface area contributed by atoms with Gasteiger partial charge in [0.05, 0.1) is 17.7 Å². The van der Waals surface area contributed by atoms with E-state index in [1.165, 1.54) is 0 Å². The predicted octanol–water partition coefficient (Wildman–Crippen LogP) is 2.52. The zero-order chi connectivity index (χ0) is 18.2. The number of nitrogens with zero attached hydrogens (tertiary/aromatic N) is 1. The number of nitrogens with one attached hydrogen (secondary N) is 1. The maximum Gasteiger partial charge on any atom is 0.407 e. The minimum atomic E-state index is -0.526. The van der Waals surface area contributed by atoms with E-state index in [9.17, 15) is 14.4 Å². The van der Waals surface area contributed by atoms with Crippen LogP contribution in [0.1, 0.15) is 54.3 Å². The molecule has 1 N–H and O–H groups in total. The number of hydrogen-bond acceptors (Lipinski definition) is 5. The SMILES string of the molecule is CC(C)(C)OC(=O)NC1CC(CON2C(=O)c3ccccc3C2=O)C1. The molecule has 1 fully saturated rings. The summed E-state index contributed by atoms with van der Waals surface area (Å²) in [5.74, 6) is -0.670. The molecule has 25 heavy (non-hydrogen) atoms. The monoisotopic (exact) mass is 346 g/mol. The zero-order valence-electron chi connectivity index (χ0n) is 14.6. The van der Waals surface area contributed by atoms with E-state index < -0.39 is 23.5 Å². The number of imide groups is 1. The van der Waals surface area contributed by atoms with Gasteiger partial charge in [-0.25, -0.2) is 4.79 Å². The van der Waals surface area contributed by atoms with Crippen molar-refractivity contribution in [1.82, 2.24) is 10.4 Å². The highest BCUT2D eigenvalue weighted by atomic mass is 16.7. The first-order valence-corrected chi connectivity index (χ1v) is 8.35. The van der Waals surface area contributed by atoms with Crippen LogP contribution in [0.4, 0.5) is 4.79 Å². The standard InChI is InChI=1S/C18H22N2O5/c1-18(2,3)25-17(23)19-12-8-11(9-12)10-24-20-15(21)13-6-4-5-7-14(13)16(20)22/h4-7,11-12H,8-10H2,1-3H3,(H,19,23). The molecule has 3 amide bonds. The molecule has 1 saturated carbocycles. The number of ether oxygens (including phenoxy) is 1. The Morgan fingerprint density at radius 1 is 1.16 bits per heavy atom. The van der Waals surface area contributed by atoms with Crippen LogP contribution in [-0.4, -0.2) is 41.2 Å². The first-order chi connectivity index (χ1) is 11.7. The summed E-state index contributed by atoms with van der Waals surface area (Å²) < 4.78 is 5.21. The molecular formula is C18H22N2O5. The van der Waals surface area contributed by atoms with Crippen LogP contribution in [0.2, 0.25) is 0 Å². The Balaban J connectivity index is 1.43. The summed E-state index contributed by atoms with van der Waals surface area (Å²) in [5, 5.41) is 3.63. The minimum absolute atomic E-state index is 0.0330. The van der Waals surface area contributed by atoms with E-state index in [0.717, 1.165) is 17.9 Å². The van der Waals surface area contributed by atoms with Crippen molar-refractivity contribution in [2.45, 2.75) is 45.3 Å². The fraction of sp³-hybridized carbons (Fsp3) is 0.500. The molecule has 0 spiro atoms. The van der Waals surface area contributed by atoms with Crippen LogP contribution in [-0.2, 0) is 9.57 Å². The average molecular weight is 346 g/mol. The second kappa shape index (κ2) is 6.48. The van der Waals surface area contributed by atoms with Gasteiger partial charge in [-0.2, -0.15) is 0 Å². The number of rotatable bonds is 4. The highest BCUT2D eigenvalue weighted by Crippen LogP contribution is 2.30. The van der Waals surface area contributed by atoms with Crippen molar-refractivity contribution >= 4 is 17.9 Å². The second-order valence-electron chi connectivity index (χ2n) is 7.43. The smallest absolute Gasteiger partial charge is 0.407 e. The number of amides is 3. The normalized spacial score (nSPS) is 22.4. The van der Waals surface area contributed by atoms with Crippen molar-refractivity contribution in [1.29, 1.82) is 0 Å². The lowest BCUT2D eigenvalue weighted by molar-refractivity contribution is -0.112. The largest absolute Gasteiger partial charge is 0.444 e. The lowest BCUT2D eigenvalue weighted by atomic mass is 9.81. The fourth-order valence-corrected chi connectivity index (χ4v) is 2.93. The Morgan fingerprint density at radius 3 is 2.24 bits per heavy atom. The second-order valence-corrected chi connectivity index (χ2v) is 7.43. The number of benzene rings is 1. The van der Waals surface area contributed by atoms with Gasteiger partial charge < -0.3 is 10.1 Å². The van der Waals surface area contributed by atoms with Crippen LogP contribution < -0.4 is 5.32 Å². The Labute approximate surface area is 146 Å². The molecule has 3 rings (SSSR count). The number of carbonyl (C=O) groups is 3. The topological polar surface area (TPSA) is 84.9 Å². The third kappa shape index (κ3) is 3.82. The van der Waals surface area contributed by atoms with Gasteiger partial charge in [-0.1, -0.05) is 12.1 Å². The zero-order valence-corrected chi connectivity index (χ0v) is 14.6. The van der Waals surface area contributed by atoms with Crippen molar-refractivity contribution in [3.8, 4) is 0 Å². The highest BCUT2D eigenvalue weighted by Gasteiger charge is 2.38. The molecule has 1 aromatic carbocycles. The Kier molecular flexibility index (Phi) is 4.51. The summed E-state index contributed by atoms with van der Waals surface area (Å²) in [4.78, 5) is 41.5. The summed E-state index contributed by atoms with van der Waals surface area (Å²) >= 11 is 0. The number of hydrogen-bond donors (Lipinski definition) is 1. The van der Waals surface area contributed by atoms with E-state index in [1.54, 1.807) is 24.3 Å². The van der Waals surface area contributed by atoms with Gasteiger partial charge in [0.1, 0.15) is 5.60 Å². The van der Waals surface area contributed by atoms with Gasteiger partial charge in [0, 0.05) is 6.04 Å². The van der Waals surface area contributed by atoms with Gasteiger partial charge in [0.15, 0.2) is 0 Å². The predicted molar refractivity (Wildman–Crippen MR) is 88.8 cm³/mol. The Hall–Kier alpha value is -2.41. The van der Waals surface area contributed by atoms with Crippen LogP contribution in [0.3, 0.4) is 0 Å². The molecule has 0 unspecified atom stereocenters. The quantitative estimate of drug-likeness (QED) is 0.847. The van der Waals surface area contributed by atoms with E-state index in [0.29, 0.717) is 11.1 Å². The van der Waals surface area contributed by atoms with E-state index in [2.05, 4.69) is 5.32 Å². The average Bonchev–Trinajstić information content (AvgIpc) is 2.72. The van der Waals surface area contributed by atoms with Gasteiger partial charge in [-0.05, 0) is 51.7 Å². The van der Waals surface area contributed by atoms with Gasteiger partial charge >= 0.3 is 6.09 Å². The van der Waals surface area contributed by atoms with Gasteiger partial charge in [0.25, 0.3) is 11.8 Å². The van der Waals surface area contributed by atoms with Gasteiger partial charge in [-0.15, -0.1) is 5.06 Å². The van der Waals surface area contributed by atoms with Crippen molar-refractivity contribution in [3.63, 3.8) is 0 Å². The summed E-state index contributed by atoms with van der Waals surface area (Å²) in [5.41, 5.74) is 0.207. The van der Waals surface area contributed by atoms with E-state index >= 15 is 0 Å². The summed E-state index contributed by atoms with van der Waals surface area (Å²) in [6.45, 7) is 5.70. The summed E-state index contributed by atoms with van der Waals surface area (Å²) in [6.07, 6.45) is 1.02. The summed E-state index contributed by atoms with van der Waals surface area (Å²) in [7, 11) is 0. The Bertz CT molecular complexity index is 669. The maximum absolute atomic E-state index is 12.2. The van der Waals surface area contributed by atoms with Crippen molar-refractivity contribution in [2.75, 3.05) is 6.61 Å². The lowest BCUT2D eigenvalue weighted by Crippen LogP contribution is -2.48. The molecule has 0 radical (unpaired) electrons. The Morgan fingerprint density at radius 2 is 1.72 bits per heavy atom. The molecule has 1 aliphatic heterocycles. The van der Waals surface area contributed by atoms with Crippen LogP contribution >= 0.6 is 0 Å². The molecule has 7 heteroatoms.